The Balaban J connectivity index is 2.16. The Bertz CT molecular complexity index is 812. The van der Waals surface area contributed by atoms with Gasteiger partial charge in [0.15, 0.2) is 0 Å². The van der Waals surface area contributed by atoms with Gasteiger partial charge in [0.25, 0.3) is 10.0 Å². The highest BCUT2D eigenvalue weighted by Crippen LogP contribution is 2.18. The van der Waals surface area contributed by atoms with E-state index in [1.807, 2.05) is 0 Å². The Labute approximate surface area is 133 Å². The van der Waals surface area contributed by atoms with E-state index in [-0.39, 0.29) is 4.90 Å². The second-order valence-electron chi connectivity index (χ2n) is 4.44. The van der Waals surface area contributed by atoms with Gasteiger partial charge in [-0.2, -0.15) is 0 Å². The molecule has 0 aliphatic rings. The number of aromatic nitrogens is 1. The molecular formula is C15H14N2O5S. The summed E-state index contributed by atoms with van der Waals surface area (Å²) in [6.45, 7) is 0. The summed E-state index contributed by atoms with van der Waals surface area (Å²) in [5, 5.41) is 8.55. The van der Waals surface area contributed by atoms with Gasteiger partial charge in [0, 0.05) is 12.1 Å². The first kappa shape index (κ1) is 16.5. The molecule has 0 saturated heterocycles. The van der Waals surface area contributed by atoms with Crippen molar-refractivity contribution in [3.63, 3.8) is 0 Å². The number of rotatable bonds is 6. The minimum absolute atomic E-state index is 0.0563. The topological polar surface area (TPSA) is 106 Å². The minimum atomic E-state index is -3.75. The lowest BCUT2D eigenvalue weighted by Gasteiger charge is -2.08. The smallest absolute Gasteiger partial charge is 0.328 e. The van der Waals surface area contributed by atoms with Crippen molar-refractivity contribution in [3.8, 4) is 5.88 Å². The maximum absolute atomic E-state index is 12.3. The fourth-order valence-corrected chi connectivity index (χ4v) is 2.74. The highest BCUT2D eigenvalue weighted by molar-refractivity contribution is 7.92. The van der Waals surface area contributed by atoms with Gasteiger partial charge >= 0.3 is 5.97 Å². The van der Waals surface area contributed by atoms with Crippen LogP contribution in [0.5, 0.6) is 5.88 Å². The van der Waals surface area contributed by atoms with Gasteiger partial charge in [-0.1, -0.05) is 12.1 Å². The molecule has 0 atom stereocenters. The molecule has 0 amide bonds. The zero-order valence-corrected chi connectivity index (χ0v) is 12.9. The maximum atomic E-state index is 12.3. The molecule has 0 saturated carbocycles. The first-order chi connectivity index (χ1) is 10.9. The third-order valence-electron chi connectivity index (χ3n) is 2.81. The molecule has 0 fully saturated rings. The molecule has 2 rings (SSSR count). The van der Waals surface area contributed by atoms with E-state index >= 15 is 0 Å². The van der Waals surface area contributed by atoms with Gasteiger partial charge in [-0.15, -0.1) is 0 Å². The van der Waals surface area contributed by atoms with E-state index in [9.17, 15) is 13.2 Å². The average Bonchev–Trinajstić information content (AvgIpc) is 2.53. The molecule has 7 nitrogen and oxygen atoms in total. The second kappa shape index (κ2) is 6.93. The number of benzene rings is 1. The van der Waals surface area contributed by atoms with Crippen molar-refractivity contribution in [1.82, 2.24) is 4.98 Å². The van der Waals surface area contributed by atoms with Gasteiger partial charge in [0.2, 0.25) is 5.88 Å². The molecular weight excluding hydrogens is 320 g/mol. The summed E-state index contributed by atoms with van der Waals surface area (Å²) < 4.78 is 31.8. The van der Waals surface area contributed by atoms with Crippen LogP contribution in [0, 0.1) is 0 Å². The zero-order chi connectivity index (χ0) is 16.9. The van der Waals surface area contributed by atoms with Gasteiger partial charge in [0.05, 0.1) is 23.9 Å². The molecule has 1 aromatic heterocycles. The van der Waals surface area contributed by atoms with Crippen molar-refractivity contribution >= 4 is 27.8 Å². The van der Waals surface area contributed by atoms with Crippen molar-refractivity contribution in [1.29, 1.82) is 0 Å². The van der Waals surface area contributed by atoms with E-state index < -0.39 is 16.0 Å². The highest BCUT2D eigenvalue weighted by Gasteiger charge is 2.14. The predicted molar refractivity (Wildman–Crippen MR) is 84.7 cm³/mol. The van der Waals surface area contributed by atoms with Crippen LogP contribution >= 0.6 is 0 Å². The van der Waals surface area contributed by atoms with Gasteiger partial charge < -0.3 is 9.84 Å². The van der Waals surface area contributed by atoms with Crippen LogP contribution in [0.1, 0.15) is 5.56 Å². The van der Waals surface area contributed by atoms with Gasteiger partial charge in [-0.25, -0.2) is 18.2 Å². The van der Waals surface area contributed by atoms with Gasteiger partial charge in [-0.05, 0) is 29.8 Å². The van der Waals surface area contributed by atoms with E-state index in [0.717, 1.165) is 6.08 Å². The summed E-state index contributed by atoms with van der Waals surface area (Å²) in [7, 11) is -2.29. The Morgan fingerprint density at radius 3 is 2.43 bits per heavy atom. The zero-order valence-electron chi connectivity index (χ0n) is 12.1. The molecule has 0 radical (unpaired) electrons. The summed E-state index contributed by atoms with van der Waals surface area (Å²) in [6, 6.07) is 8.88. The van der Waals surface area contributed by atoms with Gasteiger partial charge in [-0.3, -0.25) is 4.72 Å². The van der Waals surface area contributed by atoms with Gasteiger partial charge in [0.1, 0.15) is 0 Å². The number of carboxylic acids is 1. The number of nitrogens with zero attached hydrogens (tertiary/aromatic N) is 1. The van der Waals surface area contributed by atoms with Crippen LogP contribution in [-0.2, 0) is 14.8 Å². The maximum Gasteiger partial charge on any atom is 0.328 e. The quantitative estimate of drug-likeness (QED) is 0.783. The minimum Gasteiger partial charge on any atom is -0.481 e. The first-order valence-electron chi connectivity index (χ1n) is 6.44. The Kier molecular flexibility index (Phi) is 4.97. The van der Waals surface area contributed by atoms with E-state index in [1.165, 1.54) is 55.8 Å². The Morgan fingerprint density at radius 1 is 1.22 bits per heavy atom. The van der Waals surface area contributed by atoms with Crippen molar-refractivity contribution in [2.24, 2.45) is 0 Å². The van der Waals surface area contributed by atoms with Crippen LogP contribution in [0.4, 0.5) is 5.69 Å². The number of carboxylic acid groups (broad SMARTS) is 1. The predicted octanol–water partition coefficient (Wildman–Crippen LogP) is 1.99. The second-order valence-corrected chi connectivity index (χ2v) is 6.12. The van der Waals surface area contributed by atoms with Crippen LogP contribution < -0.4 is 9.46 Å². The summed E-state index contributed by atoms with van der Waals surface area (Å²) in [5.74, 6) is -0.696. The fourth-order valence-electron chi connectivity index (χ4n) is 1.70. The molecule has 120 valence electrons. The number of methoxy groups -OCH3 is 1. The summed E-state index contributed by atoms with van der Waals surface area (Å²) >= 11 is 0. The third kappa shape index (κ3) is 4.55. The lowest BCUT2D eigenvalue weighted by molar-refractivity contribution is -0.131. The Morgan fingerprint density at radius 2 is 1.91 bits per heavy atom. The molecule has 8 heteroatoms. The molecule has 1 aromatic carbocycles. The number of hydrogen-bond donors (Lipinski definition) is 2. The normalized spacial score (nSPS) is 11.3. The molecule has 2 aromatic rings. The molecule has 1 heterocycles. The van der Waals surface area contributed by atoms with Crippen LogP contribution in [0.2, 0.25) is 0 Å². The number of sulfonamides is 1. The molecule has 0 aliphatic heterocycles. The van der Waals surface area contributed by atoms with E-state index in [2.05, 4.69) is 9.71 Å². The summed E-state index contributed by atoms with van der Waals surface area (Å²) in [4.78, 5) is 14.4. The number of ether oxygens (including phenoxy) is 1. The lowest BCUT2D eigenvalue weighted by atomic mass is 10.2. The van der Waals surface area contributed by atoms with Crippen molar-refractivity contribution < 1.29 is 23.1 Å². The molecule has 0 unspecified atom stereocenters. The molecule has 23 heavy (non-hydrogen) atoms. The van der Waals surface area contributed by atoms with Crippen molar-refractivity contribution in [3.05, 3.63) is 54.2 Å². The number of aliphatic carboxylic acids is 1. The van der Waals surface area contributed by atoms with Crippen LogP contribution in [0.3, 0.4) is 0 Å². The number of hydrogen-bond acceptors (Lipinski definition) is 5. The van der Waals surface area contributed by atoms with Crippen LogP contribution in [-0.4, -0.2) is 31.6 Å². The van der Waals surface area contributed by atoms with E-state index in [4.69, 9.17) is 9.84 Å². The molecule has 2 N–H and O–H groups in total. The molecule has 0 bridgehead atoms. The lowest BCUT2D eigenvalue weighted by Crippen LogP contribution is -2.13. The first-order valence-corrected chi connectivity index (χ1v) is 7.93. The number of carbonyl (C=O) groups is 1. The number of pyridine rings is 1. The van der Waals surface area contributed by atoms with Crippen molar-refractivity contribution in [2.45, 2.75) is 4.90 Å². The van der Waals surface area contributed by atoms with E-state index in [1.54, 1.807) is 0 Å². The summed E-state index contributed by atoms with van der Waals surface area (Å²) in [6.07, 6.45) is 3.70. The van der Waals surface area contributed by atoms with Crippen LogP contribution in [0.25, 0.3) is 6.08 Å². The third-order valence-corrected chi connectivity index (χ3v) is 4.20. The fraction of sp³-hybridized carbons (Fsp3) is 0.0667. The van der Waals surface area contributed by atoms with Crippen molar-refractivity contribution in [2.75, 3.05) is 11.8 Å². The summed E-state index contributed by atoms with van der Waals surface area (Å²) in [5.41, 5.74) is 0.887. The monoisotopic (exact) mass is 334 g/mol. The largest absolute Gasteiger partial charge is 0.481 e. The highest BCUT2D eigenvalue weighted by atomic mass is 32.2. The number of anilines is 1. The molecule has 0 spiro atoms. The standard InChI is InChI=1S/C15H14N2O5S/c1-22-14-8-5-12(10-16-14)17-23(20,21)13-6-2-11(3-7-13)4-9-15(18)19/h2-10,17H,1H3,(H,18,19). The van der Waals surface area contributed by atoms with E-state index in [0.29, 0.717) is 17.1 Å². The SMILES string of the molecule is COc1ccc(NS(=O)(=O)c2ccc(C=CC(=O)O)cc2)cn1. The number of nitrogens with one attached hydrogen (secondary N) is 1. The average molecular weight is 334 g/mol. The molecule has 0 aliphatic carbocycles. The van der Waals surface area contributed by atoms with Crippen LogP contribution in [0.15, 0.2) is 53.6 Å². The Hall–Kier alpha value is -2.87.